The first kappa shape index (κ1) is 15.8. The molecule has 0 aromatic heterocycles. The van der Waals surface area contributed by atoms with Crippen LogP contribution in [0, 0.1) is 18.8 Å². The summed E-state index contributed by atoms with van der Waals surface area (Å²) in [5, 5.41) is 22.4. The van der Waals surface area contributed by atoms with E-state index in [0.717, 1.165) is 43.4 Å². The lowest BCUT2D eigenvalue weighted by Crippen LogP contribution is -2.30. The average molecular weight is 291 g/mol. The van der Waals surface area contributed by atoms with Crippen LogP contribution in [-0.2, 0) is 4.79 Å². The lowest BCUT2D eigenvalue weighted by molar-refractivity contribution is -0.143. The van der Waals surface area contributed by atoms with E-state index < -0.39 is 5.97 Å². The molecule has 1 unspecified atom stereocenters. The van der Waals surface area contributed by atoms with Gasteiger partial charge in [0.15, 0.2) is 0 Å². The molecule has 0 radical (unpaired) electrons. The molecule has 0 heterocycles. The predicted octanol–water partition coefficient (Wildman–Crippen LogP) is 3.24. The number of aliphatic carboxylic acids is 1. The molecule has 116 valence electrons. The molecular weight excluding hydrogens is 266 g/mol. The van der Waals surface area contributed by atoms with E-state index in [1.807, 2.05) is 19.1 Å². The summed E-state index contributed by atoms with van der Waals surface area (Å²) in [7, 11) is 0. The van der Waals surface area contributed by atoms with Crippen molar-refractivity contribution in [2.75, 3.05) is 6.54 Å². The van der Waals surface area contributed by atoms with E-state index in [2.05, 4.69) is 12.2 Å². The van der Waals surface area contributed by atoms with Gasteiger partial charge in [0.25, 0.3) is 0 Å². The number of phenolic OH excluding ortho intramolecular Hbond substituents is 1. The summed E-state index contributed by atoms with van der Waals surface area (Å²) in [4.78, 5) is 10.9. The number of carbonyl (C=O) groups is 1. The second-order valence-electron chi connectivity index (χ2n) is 6.25. The first-order valence-electron chi connectivity index (χ1n) is 7.73. The van der Waals surface area contributed by atoms with Crippen LogP contribution in [0.15, 0.2) is 18.2 Å². The number of carboxylic acid groups (broad SMARTS) is 1. The van der Waals surface area contributed by atoms with Gasteiger partial charge in [-0.2, -0.15) is 0 Å². The van der Waals surface area contributed by atoms with Crippen LogP contribution in [0.1, 0.15) is 49.8 Å². The Morgan fingerprint density at radius 3 is 2.62 bits per heavy atom. The first-order valence-corrected chi connectivity index (χ1v) is 7.73. The minimum atomic E-state index is -0.653. The average Bonchev–Trinajstić information content (AvgIpc) is 2.47. The standard InChI is InChI=1S/C17H25NO3/c1-11-3-8-16(19)15(9-11)12(2)18-10-13-4-6-14(7-5-13)17(20)21/h3,8-9,12-14,18-19H,4-7,10H2,1-2H3,(H,20,21). The second kappa shape index (κ2) is 6.94. The smallest absolute Gasteiger partial charge is 0.306 e. The number of aromatic hydroxyl groups is 1. The molecule has 0 aliphatic heterocycles. The third kappa shape index (κ3) is 4.21. The fourth-order valence-corrected chi connectivity index (χ4v) is 3.09. The van der Waals surface area contributed by atoms with Gasteiger partial charge in [0.2, 0.25) is 0 Å². The highest BCUT2D eigenvalue weighted by Gasteiger charge is 2.26. The van der Waals surface area contributed by atoms with Crippen LogP contribution in [0.2, 0.25) is 0 Å². The topological polar surface area (TPSA) is 69.6 Å². The van der Waals surface area contributed by atoms with Crippen LogP contribution in [0.4, 0.5) is 0 Å². The number of hydrogen-bond acceptors (Lipinski definition) is 3. The van der Waals surface area contributed by atoms with Crippen LogP contribution in [0.3, 0.4) is 0 Å². The number of rotatable bonds is 5. The van der Waals surface area contributed by atoms with Crippen molar-refractivity contribution in [2.24, 2.45) is 11.8 Å². The van der Waals surface area contributed by atoms with E-state index in [1.54, 1.807) is 6.07 Å². The number of hydrogen-bond donors (Lipinski definition) is 3. The number of nitrogens with one attached hydrogen (secondary N) is 1. The van der Waals surface area contributed by atoms with Crippen molar-refractivity contribution < 1.29 is 15.0 Å². The molecule has 1 saturated carbocycles. The third-order valence-electron chi connectivity index (χ3n) is 4.56. The monoisotopic (exact) mass is 291 g/mol. The number of aryl methyl sites for hydroxylation is 1. The number of carboxylic acids is 1. The molecule has 1 aliphatic rings. The van der Waals surface area contributed by atoms with Gasteiger partial charge in [0.1, 0.15) is 5.75 Å². The minimum absolute atomic E-state index is 0.0992. The highest BCUT2D eigenvalue weighted by molar-refractivity contribution is 5.69. The van der Waals surface area contributed by atoms with Gasteiger partial charge in [0.05, 0.1) is 5.92 Å². The van der Waals surface area contributed by atoms with Crippen molar-refractivity contribution >= 4 is 5.97 Å². The molecule has 1 fully saturated rings. The highest BCUT2D eigenvalue weighted by atomic mass is 16.4. The van der Waals surface area contributed by atoms with Crippen LogP contribution >= 0.6 is 0 Å². The zero-order valence-corrected chi connectivity index (χ0v) is 12.8. The van der Waals surface area contributed by atoms with Crippen LogP contribution in [0.25, 0.3) is 0 Å². The Hall–Kier alpha value is -1.55. The fourth-order valence-electron chi connectivity index (χ4n) is 3.09. The van der Waals surface area contributed by atoms with E-state index >= 15 is 0 Å². The molecule has 2 rings (SSSR count). The Morgan fingerprint density at radius 1 is 1.33 bits per heavy atom. The summed E-state index contributed by atoms with van der Waals surface area (Å²) in [6, 6.07) is 5.75. The Kier molecular flexibility index (Phi) is 5.23. The summed E-state index contributed by atoms with van der Waals surface area (Å²) in [6.07, 6.45) is 3.50. The van der Waals surface area contributed by atoms with Crippen LogP contribution < -0.4 is 5.32 Å². The van der Waals surface area contributed by atoms with Crippen molar-refractivity contribution in [3.63, 3.8) is 0 Å². The maximum absolute atomic E-state index is 10.9. The molecule has 0 bridgehead atoms. The summed E-state index contributed by atoms with van der Waals surface area (Å²) >= 11 is 0. The van der Waals surface area contributed by atoms with Gasteiger partial charge in [-0.3, -0.25) is 4.79 Å². The van der Waals surface area contributed by atoms with Crippen molar-refractivity contribution in [2.45, 2.75) is 45.6 Å². The molecule has 4 heteroatoms. The van der Waals surface area contributed by atoms with Gasteiger partial charge in [-0.15, -0.1) is 0 Å². The predicted molar refractivity (Wildman–Crippen MR) is 82.3 cm³/mol. The van der Waals surface area contributed by atoms with E-state index in [0.29, 0.717) is 11.7 Å². The zero-order valence-electron chi connectivity index (χ0n) is 12.8. The molecule has 21 heavy (non-hydrogen) atoms. The fraction of sp³-hybridized carbons (Fsp3) is 0.588. The molecular formula is C17H25NO3. The minimum Gasteiger partial charge on any atom is -0.508 e. The van der Waals surface area contributed by atoms with Gasteiger partial charge in [-0.25, -0.2) is 0 Å². The largest absolute Gasteiger partial charge is 0.508 e. The summed E-state index contributed by atoms with van der Waals surface area (Å²) in [6.45, 7) is 4.95. The number of phenols is 1. The molecule has 3 N–H and O–H groups in total. The third-order valence-corrected chi connectivity index (χ3v) is 4.56. The van der Waals surface area contributed by atoms with Crippen molar-refractivity contribution in [1.82, 2.24) is 5.32 Å². The Bertz CT molecular complexity index is 493. The lowest BCUT2D eigenvalue weighted by Gasteiger charge is -2.27. The molecule has 0 spiro atoms. The molecule has 4 nitrogen and oxygen atoms in total. The number of benzene rings is 1. The van der Waals surface area contributed by atoms with Crippen molar-refractivity contribution in [3.05, 3.63) is 29.3 Å². The Morgan fingerprint density at radius 2 is 2.00 bits per heavy atom. The van der Waals surface area contributed by atoms with Gasteiger partial charge in [-0.05, 0) is 58.1 Å². The molecule has 1 aromatic rings. The Balaban J connectivity index is 1.83. The second-order valence-corrected chi connectivity index (χ2v) is 6.25. The summed E-state index contributed by atoms with van der Waals surface area (Å²) in [5.74, 6) is 0.0594. The van der Waals surface area contributed by atoms with E-state index in [9.17, 15) is 9.90 Å². The zero-order chi connectivity index (χ0) is 15.4. The van der Waals surface area contributed by atoms with E-state index in [-0.39, 0.29) is 12.0 Å². The van der Waals surface area contributed by atoms with Gasteiger partial charge >= 0.3 is 5.97 Å². The highest BCUT2D eigenvalue weighted by Crippen LogP contribution is 2.30. The molecule has 0 amide bonds. The lowest BCUT2D eigenvalue weighted by atomic mass is 9.82. The molecule has 0 saturated heterocycles. The van der Waals surface area contributed by atoms with Crippen molar-refractivity contribution in [1.29, 1.82) is 0 Å². The Labute approximate surface area is 126 Å². The van der Waals surface area contributed by atoms with E-state index in [4.69, 9.17) is 5.11 Å². The maximum Gasteiger partial charge on any atom is 0.306 e. The van der Waals surface area contributed by atoms with Gasteiger partial charge in [-0.1, -0.05) is 17.7 Å². The van der Waals surface area contributed by atoms with Gasteiger partial charge in [0, 0.05) is 11.6 Å². The van der Waals surface area contributed by atoms with E-state index in [1.165, 1.54) is 0 Å². The quantitative estimate of drug-likeness (QED) is 0.779. The van der Waals surface area contributed by atoms with Crippen molar-refractivity contribution in [3.8, 4) is 5.75 Å². The van der Waals surface area contributed by atoms with Crippen LogP contribution in [0.5, 0.6) is 5.75 Å². The summed E-state index contributed by atoms with van der Waals surface area (Å²) < 4.78 is 0. The van der Waals surface area contributed by atoms with Gasteiger partial charge < -0.3 is 15.5 Å². The SMILES string of the molecule is Cc1ccc(O)c(C(C)NCC2CCC(C(=O)O)CC2)c1. The first-order chi connectivity index (χ1) is 9.97. The summed E-state index contributed by atoms with van der Waals surface area (Å²) in [5.41, 5.74) is 2.06. The normalized spacial score (nSPS) is 23.7. The molecule has 1 atom stereocenters. The van der Waals surface area contributed by atoms with Crippen LogP contribution in [-0.4, -0.2) is 22.7 Å². The molecule has 1 aliphatic carbocycles. The molecule has 1 aromatic carbocycles. The maximum atomic E-state index is 10.9.